The number of aliphatic hydroxyl groups excluding tert-OH is 1. The average Bonchev–Trinajstić information content (AvgIpc) is 2.25. The first-order chi connectivity index (χ1) is 7.42. The number of hydrogen-bond donors (Lipinski definition) is 2. The highest BCUT2D eigenvalue weighted by Crippen LogP contribution is 2.05. The highest BCUT2D eigenvalue weighted by Gasteiger charge is 2.14. The van der Waals surface area contributed by atoms with Crippen LogP contribution in [0.3, 0.4) is 0 Å². The standard InChI is InChI=1S/C12H19NO2Si/c1-16(2,3)9-13-12(15)11-6-4-10(8-14)5-7-11/h4-7,14H,8-9H2,1-3H3,(H,13,15). The highest BCUT2D eigenvalue weighted by molar-refractivity contribution is 6.76. The third-order valence-corrected chi connectivity index (χ3v) is 3.42. The Hall–Kier alpha value is -1.13. The molecule has 3 nitrogen and oxygen atoms in total. The molecule has 0 bridgehead atoms. The Balaban J connectivity index is 2.59. The van der Waals surface area contributed by atoms with Gasteiger partial charge >= 0.3 is 0 Å². The van der Waals surface area contributed by atoms with Crippen LogP contribution in [0.25, 0.3) is 0 Å². The summed E-state index contributed by atoms with van der Waals surface area (Å²) in [4.78, 5) is 11.7. The molecule has 0 spiro atoms. The topological polar surface area (TPSA) is 49.3 Å². The maximum absolute atomic E-state index is 11.7. The molecule has 0 atom stereocenters. The number of nitrogens with one attached hydrogen (secondary N) is 1. The number of carbonyl (C=O) groups is 1. The zero-order valence-corrected chi connectivity index (χ0v) is 11.1. The first-order valence-electron chi connectivity index (χ1n) is 5.40. The van der Waals surface area contributed by atoms with Crippen molar-refractivity contribution >= 4 is 14.0 Å². The zero-order chi connectivity index (χ0) is 12.2. The number of amides is 1. The summed E-state index contributed by atoms with van der Waals surface area (Å²) in [7, 11) is -1.24. The number of carbonyl (C=O) groups excluding carboxylic acids is 1. The second-order valence-corrected chi connectivity index (χ2v) is 10.6. The van der Waals surface area contributed by atoms with Crippen LogP contribution in [0.5, 0.6) is 0 Å². The third kappa shape index (κ3) is 4.16. The minimum absolute atomic E-state index is 0.0107. The van der Waals surface area contributed by atoms with E-state index < -0.39 is 8.07 Å². The minimum atomic E-state index is -1.24. The normalized spacial score (nSPS) is 11.2. The summed E-state index contributed by atoms with van der Waals surface area (Å²) >= 11 is 0. The van der Waals surface area contributed by atoms with Gasteiger partial charge in [0, 0.05) is 11.7 Å². The van der Waals surface area contributed by atoms with Gasteiger partial charge < -0.3 is 10.4 Å². The van der Waals surface area contributed by atoms with Gasteiger partial charge in [0.1, 0.15) is 0 Å². The van der Waals surface area contributed by atoms with Gasteiger partial charge in [-0.2, -0.15) is 0 Å². The smallest absolute Gasteiger partial charge is 0.251 e. The largest absolute Gasteiger partial charge is 0.392 e. The van der Waals surface area contributed by atoms with Crippen LogP contribution in [0.2, 0.25) is 19.6 Å². The van der Waals surface area contributed by atoms with Crippen LogP contribution in [-0.4, -0.2) is 25.3 Å². The Kier molecular flexibility index (Phi) is 4.26. The lowest BCUT2D eigenvalue weighted by Crippen LogP contribution is -2.39. The Morgan fingerprint density at radius 2 is 1.81 bits per heavy atom. The molecule has 16 heavy (non-hydrogen) atoms. The van der Waals surface area contributed by atoms with Crippen LogP contribution in [0, 0.1) is 0 Å². The van der Waals surface area contributed by atoms with E-state index in [1.807, 2.05) is 0 Å². The minimum Gasteiger partial charge on any atom is -0.392 e. The molecule has 1 rings (SSSR count). The van der Waals surface area contributed by atoms with Gasteiger partial charge in [0.2, 0.25) is 0 Å². The van der Waals surface area contributed by atoms with E-state index in [9.17, 15) is 4.79 Å². The SMILES string of the molecule is C[Si](C)(C)CNC(=O)c1ccc(CO)cc1. The van der Waals surface area contributed by atoms with E-state index in [0.29, 0.717) is 5.56 Å². The fourth-order valence-corrected chi connectivity index (χ4v) is 1.90. The fourth-order valence-electron chi connectivity index (χ4n) is 1.21. The number of benzene rings is 1. The van der Waals surface area contributed by atoms with Crippen molar-refractivity contribution in [2.24, 2.45) is 0 Å². The van der Waals surface area contributed by atoms with E-state index in [-0.39, 0.29) is 12.5 Å². The predicted molar refractivity (Wildman–Crippen MR) is 68.0 cm³/mol. The van der Waals surface area contributed by atoms with Crippen molar-refractivity contribution in [2.45, 2.75) is 26.2 Å². The molecule has 0 heterocycles. The lowest BCUT2D eigenvalue weighted by molar-refractivity contribution is 0.0959. The van der Waals surface area contributed by atoms with Crippen molar-refractivity contribution in [2.75, 3.05) is 6.17 Å². The van der Waals surface area contributed by atoms with Crippen molar-refractivity contribution in [3.05, 3.63) is 35.4 Å². The van der Waals surface area contributed by atoms with Crippen molar-refractivity contribution < 1.29 is 9.90 Å². The van der Waals surface area contributed by atoms with Crippen LogP contribution < -0.4 is 5.32 Å². The van der Waals surface area contributed by atoms with E-state index in [1.165, 1.54) is 0 Å². The first-order valence-corrected chi connectivity index (χ1v) is 9.11. The van der Waals surface area contributed by atoms with Crippen LogP contribution >= 0.6 is 0 Å². The molecule has 0 radical (unpaired) electrons. The van der Waals surface area contributed by atoms with Gasteiger partial charge in [-0.15, -0.1) is 0 Å². The van der Waals surface area contributed by atoms with Crippen molar-refractivity contribution in [3.63, 3.8) is 0 Å². The maximum Gasteiger partial charge on any atom is 0.251 e. The van der Waals surface area contributed by atoms with E-state index >= 15 is 0 Å². The summed E-state index contributed by atoms with van der Waals surface area (Å²) in [5.74, 6) is -0.0353. The van der Waals surface area contributed by atoms with Crippen LogP contribution in [-0.2, 0) is 6.61 Å². The number of aliphatic hydroxyl groups is 1. The molecule has 88 valence electrons. The van der Waals surface area contributed by atoms with Gasteiger partial charge in [0.15, 0.2) is 0 Å². The zero-order valence-electron chi connectivity index (χ0n) is 10.1. The van der Waals surface area contributed by atoms with Crippen LogP contribution in [0.1, 0.15) is 15.9 Å². The molecule has 4 heteroatoms. The summed E-state index contributed by atoms with van der Waals surface area (Å²) in [5, 5.41) is 11.8. The van der Waals surface area contributed by atoms with Gasteiger partial charge in [0.25, 0.3) is 5.91 Å². The molecular weight excluding hydrogens is 218 g/mol. The Morgan fingerprint density at radius 1 is 1.25 bits per heavy atom. The molecule has 0 aromatic heterocycles. The molecule has 0 aliphatic heterocycles. The molecule has 2 N–H and O–H groups in total. The molecule has 0 fully saturated rings. The van der Waals surface area contributed by atoms with Gasteiger partial charge in [-0.05, 0) is 17.7 Å². The van der Waals surface area contributed by atoms with Gasteiger partial charge in [0.05, 0.1) is 14.7 Å². The van der Waals surface area contributed by atoms with E-state index in [1.54, 1.807) is 24.3 Å². The van der Waals surface area contributed by atoms with Gasteiger partial charge in [-0.1, -0.05) is 31.8 Å². The predicted octanol–water partition coefficient (Wildman–Crippen LogP) is 1.79. The maximum atomic E-state index is 11.7. The van der Waals surface area contributed by atoms with Crippen molar-refractivity contribution in [3.8, 4) is 0 Å². The summed E-state index contributed by atoms with van der Waals surface area (Å²) < 4.78 is 0. The highest BCUT2D eigenvalue weighted by atomic mass is 28.3. The number of rotatable bonds is 4. The third-order valence-electron chi connectivity index (χ3n) is 2.18. The summed E-state index contributed by atoms with van der Waals surface area (Å²) in [6, 6.07) is 7.02. The molecule has 1 aromatic rings. The second-order valence-electron chi connectivity index (χ2n) is 5.10. The van der Waals surface area contributed by atoms with Crippen LogP contribution in [0.4, 0.5) is 0 Å². The number of hydrogen-bond acceptors (Lipinski definition) is 2. The van der Waals surface area contributed by atoms with Gasteiger partial charge in [-0.25, -0.2) is 0 Å². The van der Waals surface area contributed by atoms with Crippen LogP contribution in [0.15, 0.2) is 24.3 Å². The molecule has 0 aliphatic rings. The fraction of sp³-hybridized carbons (Fsp3) is 0.417. The quantitative estimate of drug-likeness (QED) is 0.784. The molecule has 1 amide bonds. The Morgan fingerprint density at radius 3 is 2.25 bits per heavy atom. The van der Waals surface area contributed by atoms with Gasteiger partial charge in [-0.3, -0.25) is 4.79 Å². The van der Waals surface area contributed by atoms with E-state index in [4.69, 9.17) is 5.11 Å². The molecule has 0 saturated heterocycles. The molecule has 0 aliphatic carbocycles. The summed E-state index contributed by atoms with van der Waals surface area (Å²) in [6.45, 7) is 6.64. The first kappa shape index (κ1) is 12.9. The summed E-state index contributed by atoms with van der Waals surface area (Å²) in [5.41, 5.74) is 1.47. The Labute approximate surface area is 97.5 Å². The van der Waals surface area contributed by atoms with E-state index in [2.05, 4.69) is 25.0 Å². The lowest BCUT2D eigenvalue weighted by atomic mass is 10.1. The van der Waals surface area contributed by atoms with Crippen molar-refractivity contribution in [1.29, 1.82) is 0 Å². The molecular formula is C12H19NO2Si. The van der Waals surface area contributed by atoms with Crippen molar-refractivity contribution in [1.82, 2.24) is 5.32 Å². The molecule has 0 unspecified atom stereocenters. The monoisotopic (exact) mass is 237 g/mol. The lowest BCUT2D eigenvalue weighted by Gasteiger charge is -2.16. The second kappa shape index (κ2) is 5.27. The molecule has 0 saturated carbocycles. The summed E-state index contributed by atoms with van der Waals surface area (Å²) in [6.07, 6.45) is 0.785. The Bertz CT molecular complexity index is 354. The molecule has 1 aromatic carbocycles. The van der Waals surface area contributed by atoms with E-state index in [0.717, 1.165) is 11.7 Å². The average molecular weight is 237 g/mol.